The molecule has 5 nitrogen and oxygen atoms in total. The van der Waals surface area contributed by atoms with Gasteiger partial charge in [-0.25, -0.2) is 4.39 Å². The van der Waals surface area contributed by atoms with E-state index in [1.165, 1.54) is 19.1 Å². The third-order valence-electron chi connectivity index (χ3n) is 4.02. The van der Waals surface area contributed by atoms with Gasteiger partial charge in [0.2, 0.25) is 5.91 Å². The highest BCUT2D eigenvalue weighted by Crippen LogP contribution is 2.18. The van der Waals surface area contributed by atoms with Gasteiger partial charge in [0.05, 0.1) is 0 Å². The number of carbonyl (C=O) groups excluding carboxylic acids is 2. The first kappa shape index (κ1) is 19.6. The molecular weight excluding hydrogens is 333 g/mol. The van der Waals surface area contributed by atoms with Crippen molar-refractivity contribution < 1.29 is 19.3 Å². The molecule has 0 radical (unpaired) electrons. The summed E-state index contributed by atoms with van der Waals surface area (Å²) in [4.78, 5) is 23.2. The molecule has 0 aromatic heterocycles. The minimum Gasteiger partial charge on any atom is -0.332 e. The molecule has 2 aromatic carbocycles. The Bertz CT molecular complexity index is 743. The highest BCUT2D eigenvalue weighted by atomic mass is 19.1. The lowest BCUT2D eigenvalue weighted by atomic mass is 9.96. The molecule has 2 amide bonds. The molecule has 0 heterocycles. The Hall–Kier alpha value is -2.73. The summed E-state index contributed by atoms with van der Waals surface area (Å²) in [7, 11) is 0. The summed E-state index contributed by atoms with van der Waals surface area (Å²) >= 11 is 0. The number of rotatable bonds is 7. The molecule has 4 N–H and O–H groups in total. The number of nitrogens with two attached hydrogens (primary N) is 1. The number of carbonyl (C=O) groups is 2. The summed E-state index contributed by atoms with van der Waals surface area (Å²) in [6, 6.07) is 13.4. The smallest absolute Gasteiger partial charge is 0.279 e. The zero-order valence-corrected chi connectivity index (χ0v) is 15.3. The quantitative estimate of drug-likeness (QED) is 0.712. The van der Waals surface area contributed by atoms with Crippen molar-refractivity contribution in [2.75, 3.05) is 17.2 Å². The van der Waals surface area contributed by atoms with Gasteiger partial charge < -0.3 is 16.0 Å². The van der Waals surface area contributed by atoms with E-state index in [0.717, 1.165) is 5.56 Å². The standard InChI is InChI=1S/C20H24FN3O2/c1-13(2)20(15-4-6-16(21)7-5-15)22-12-19(26)24-18-10-8-17(9-11-18)23-14(3)25/h4-11,13,20,22H,12H2,1-3H3,(H,23,25)(H,24,26)/p+1/t20-/m0/s1. The van der Waals surface area contributed by atoms with E-state index < -0.39 is 0 Å². The SMILES string of the molecule is CC(=O)Nc1ccc(NC(=O)C[NH2+][C@H](c2ccc(F)cc2)C(C)C)cc1. The van der Waals surface area contributed by atoms with Crippen LogP contribution < -0.4 is 16.0 Å². The largest absolute Gasteiger partial charge is 0.332 e. The predicted octanol–water partition coefficient (Wildman–Crippen LogP) is 2.68. The number of amides is 2. The maximum atomic E-state index is 13.1. The Labute approximate surface area is 153 Å². The molecule has 0 fully saturated rings. The van der Waals surface area contributed by atoms with Crippen LogP contribution in [0.25, 0.3) is 0 Å². The zero-order valence-electron chi connectivity index (χ0n) is 15.3. The van der Waals surface area contributed by atoms with Gasteiger partial charge in [-0.15, -0.1) is 0 Å². The topological polar surface area (TPSA) is 74.8 Å². The van der Waals surface area contributed by atoms with Gasteiger partial charge in [0.25, 0.3) is 5.91 Å². The van der Waals surface area contributed by atoms with Gasteiger partial charge in [-0.2, -0.15) is 0 Å². The number of quaternary nitrogens is 1. The van der Waals surface area contributed by atoms with E-state index in [9.17, 15) is 14.0 Å². The third-order valence-corrected chi connectivity index (χ3v) is 4.02. The van der Waals surface area contributed by atoms with Crippen molar-refractivity contribution in [1.82, 2.24) is 0 Å². The fraction of sp³-hybridized carbons (Fsp3) is 0.300. The lowest BCUT2D eigenvalue weighted by Crippen LogP contribution is -2.88. The van der Waals surface area contributed by atoms with Crippen molar-refractivity contribution in [3.8, 4) is 0 Å². The van der Waals surface area contributed by atoms with Crippen LogP contribution in [0.15, 0.2) is 48.5 Å². The third kappa shape index (κ3) is 5.97. The van der Waals surface area contributed by atoms with E-state index in [4.69, 9.17) is 0 Å². The molecule has 0 unspecified atom stereocenters. The van der Waals surface area contributed by atoms with Crippen molar-refractivity contribution in [1.29, 1.82) is 0 Å². The second-order valence-electron chi connectivity index (χ2n) is 6.57. The Kier molecular flexibility index (Phi) is 6.86. The number of benzene rings is 2. The summed E-state index contributed by atoms with van der Waals surface area (Å²) in [6.45, 7) is 5.85. The average Bonchev–Trinajstić information content (AvgIpc) is 2.57. The van der Waals surface area contributed by atoms with Crippen LogP contribution in [0.1, 0.15) is 32.4 Å². The van der Waals surface area contributed by atoms with Crippen LogP contribution in [0.2, 0.25) is 0 Å². The van der Waals surface area contributed by atoms with Gasteiger partial charge in [-0.1, -0.05) is 26.0 Å². The highest BCUT2D eigenvalue weighted by Gasteiger charge is 2.20. The van der Waals surface area contributed by atoms with E-state index >= 15 is 0 Å². The van der Waals surface area contributed by atoms with Crippen LogP contribution in [0.5, 0.6) is 0 Å². The molecule has 0 saturated heterocycles. The molecule has 0 saturated carbocycles. The van der Waals surface area contributed by atoms with Crippen LogP contribution >= 0.6 is 0 Å². The summed E-state index contributed by atoms with van der Waals surface area (Å²) in [5.41, 5.74) is 2.34. The fourth-order valence-electron chi connectivity index (χ4n) is 2.76. The zero-order chi connectivity index (χ0) is 19.1. The molecule has 26 heavy (non-hydrogen) atoms. The predicted molar refractivity (Wildman–Crippen MR) is 100 cm³/mol. The molecular formula is C20H25FN3O2+. The molecule has 0 aliphatic rings. The summed E-state index contributed by atoms with van der Waals surface area (Å²) < 4.78 is 13.1. The maximum absolute atomic E-state index is 13.1. The van der Waals surface area contributed by atoms with Gasteiger partial charge in [-0.3, -0.25) is 9.59 Å². The van der Waals surface area contributed by atoms with Gasteiger partial charge in [0.15, 0.2) is 6.54 Å². The van der Waals surface area contributed by atoms with E-state index in [2.05, 4.69) is 24.5 Å². The van der Waals surface area contributed by atoms with E-state index in [-0.39, 0.29) is 30.2 Å². The first-order valence-electron chi connectivity index (χ1n) is 8.61. The van der Waals surface area contributed by atoms with Crippen molar-refractivity contribution in [3.05, 3.63) is 59.9 Å². The Balaban J connectivity index is 1.91. The lowest BCUT2D eigenvalue weighted by molar-refractivity contribution is -0.692. The number of anilines is 2. The Morgan fingerprint density at radius 3 is 2.00 bits per heavy atom. The second-order valence-corrected chi connectivity index (χ2v) is 6.57. The highest BCUT2D eigenvalue weighted by molar-refractivity contribution is 5.92. The van der Waals surface area contributed by atoms with Crippen molar-refractivity contribution >= 4 is 23.2 Å². The number of halogens is 1. The van der Waals surface area contributed by atoms with Gasteiger partial charge in [0.1, 0.15) is 11.9 Å². The van der Waals surface area contributed by atoms with Crippen LogP contribution in [0.4, 0.5) is 15.8 Å². The second kappa shape index (κ2) is 9.10. The first-order valence-corrected chi connectivity index (χ1v) is 8.61. The molecule has 0 bridgehead atoms. The summed E-state index contributed by atoms with van der Waals surface area (Å²) in [5, 5.41) is 7.47. The number of hydrogen-bond donors (Lipinski definition) is 3. The van der Waals surface area contributed by atoms with E-state index in [1.807, 2.05) is 5.32 Å². The average molecular weight is 358 g/mol. The van der Waals surface area contributed by atoms with Crippen molar-refractivity contribution in [3.63, 3.8) is 0 Å². The number of hydrogen-bond acceptors (Lipinski definition) is 2. The fourth-order valence-corrected chi connectivity index (χ4v) is 2.76. The minimum absolute atomic E-state index is 0.0727. The molecule has 2 aromatic rings. The van der Waals surface area contributed by atoms with Crippen LogP contribution in [0, 0.1) is 11.7 Å². The molecule has 0 spiro atoms. The number of nitrogens with one attached hydrogen (secondary N) is 2. The molecule has 1 atom stereocenters. The van der Waals surface area contributed by atoms with Gasteiger partial charge in [0, 0.05) is 29.8 Å². The van der Waals surface area contributed by atoms with Crippen LogP contribution in [0.3, 0.4) is 0 Å². The Morgan fingerprint density at radius 1 is 0.962 bits per heavy atom. The van der Waals surface area contributed by atoms with Crippen LogP contribution in [-0.4, -0.2) is 18.4 Å². The van der Waals surface area contributed by atoms with Crippen LogP contribution in [-0.2, 0) is 9.59 Å². The molecule has 0 aliphatic heterocycles. The molecule has 6 heteroatoms. The molecule has 0 aliphatic carbocycles. The van der Waals surface area contributed by atoms with Gasteiger partial charge >= 0.3 is 0 Å². The summed E-state index contributed by atoms with van der Waals surface area (Å²) in [5.74, 6) is -0.233. The van der Waals surface area contributed by atoms with Crippen molar-refractivity contribution in [2.24, 2.45) is 5.92 Å². The minimum atomic E-state index is -0.267. The molecule has 2 rings (SSSR count). The lowest BCUT2D eigenvalue weighted by Gasteiger charge is -2.19. The normalized spacial score (nSPS) is 11.9. The van der Waals surface area contributed by atoms with Gasteiger partial charge in [-0.05, 0) is 36.4 Å². The van der Waals surface area contributed by atoms with E-state index in [1.54, 1.807) is 36.4 Å². The maximum Gasteiger partial charge on any atom is 0.279 e. The monoisotopic (exact) mass is 358 g/mol. The molecule has 138 valence electrons. The Morgan fingerprint density at radius 2 is 1.50 bits per heavy atom. The first-order chi connectivity index (χ1) is 12.3. The van der Waals surface area contributed by atoms with Crippen molar-refractivity contribution in [2.45, 2.75) is 26.8 Å². The van der Waals surface area contributed by atoms with E-state index in [0.29, 0.717) is 17.3 Å². The summed E-state index contributed by atoms with van der Waals surface area (Å²) in [6.07, 6.45) is 0.